The van der Waals surface area contributed by atoms with Crippen molar-refractivity contribution in [3.63, 3.8) is 0 Å². The molecular weight excluding hydrogens is 1070 g/mol. The molecule has 0 unspecified atom stereocenters. The largest absolute Gasteiger partial charge is 1.00 e. The van der Waals surface area contributed by atoms with E-state index in [1.54, 1.807) is 60.7 Å². The van der Waals surface area contributed by atoms with Crippen molar-refractivity contribution in [1.29, 1.82) is 5.26 Å². The summed E-state index contributed by atoms with van der Waals surface area (Å²) in [6.07, 6.45) is 0.750. The van der Waals surface area contributed by atoms with E-state index in [0.717, 1.165) is 37.1 Å². The van der Waals surface area contributed by atoms with Gasteiger partial charge in [0.2, 0.25) is 0 Å². The molecule has 0 bridgehead atoms. The summed E-state index contributed by atoms with van der Waals surface area (Å²) in [6.45, 7) is 5.41. The van der Waals surface area contributed by atoms with Crippen molar-refractivity contribution in [2.75, 3.05) is 11.5 Å². The van der Waals surface area contributed by atoms with Gasteiger partial charge in [0.1, 0.15) is 11.6 Å². The number of rotatable bonds is 0. The first-order valence-corrected chi connectivity index (χ1v) is 19.9. The van der Waals surface area contributed by atoms with Crippen molar-refractivity contribution in [3.8, 4) is 6.07 Å². The number of hydrogen-bond donors (Lipinski definition) is 2. The van der Waals surface area contributed by atoms with Crippen LogP contribution in [0.4, 0.5) is 28.9 Å². The number of anilines is 2. The number of nitrogens with zero attached hydrogens (tertiary/aromatic N) is 1. The van der Waals surface area contributed by atoms with Crippen LogP contribution in [0.2, 0.25) is 0 Å². The van der Waals surface area contributed by atoms with Gasteiger partial charge in [0.05, 0.1) is 26.4 Å². The summed E-state index contributed by atoms with van der Waals surface area (Å²) in [5.41, 5.74) is 13.6. The first-order valence-electron chi connectivity index (χ1n) is 17.5. The molecule has 7 N–H and O–H groups in total. The van der Waals surface area contributed by atoms with Crippen LogP contribution >= 0.6 is 47.8 Å². The molecule has 0 aliphatic carbocycles. The Morgan fingerprint density at radius 2 is 0.776 bits per heavy atom. The fraction of sp³-hybridized carbons (Fsp3) is 0.0833. The monoisotopic (exact) mass is 1110 g/mol. The van der Waals surface area contributed by atoms with E-state index >= 15 is 0 Å². The molecule has 8 aromatic carbocycles. The summed E-state index contributed by atoms with van der Waals surface area (Å²) in [7, 11) is 0. The first-order chi connectivity index (χ1) is 30.0. The van der Waals surface area contributed by atoms with Gasteiger partial charge in [-0.25, -0.2) is 17.6 Å². The van der Waals surface area contributed by atoms with Gasteiger partial charge >= 0.3 is 37.3 Å². The Kier molecular flexibility index (Phi) is 36.1. The number of halogens is 7. The molecule has 67 heavy (non-hydrogen) atoms. The zero-order valence-corrected chi connectivity index (χ0v) is 40.0. The average Bonchev–Trinajstić information content (AvgIpc) is 3.25. The number of fused-ring (bicyclic) bond motifs is 4. The number of benzene rings is 8. The van der Waals surface area contributed by atoms with E-state index in [4.69, 9.17) is 45.5 Å². The minimum Gasteiger partial charge on any atom is -0.870 e. The molecule has 8 aromatic rings. The Hall–Kier alpha value is -6.29. The van der Waals surface area contributed by atoms with Crippen molar-refractivity contribution in [3.05, 3.63) is 175 Å². The zero-order chi connectivity index (χ0) is 47.6. The van der Waals surface area contributed by atoms with E-state index in [1.807, 2.05) is 86.6 Å². The maximum absolute atomic E-state index is 13.5. The summed E-state index contributed by atoms with van der Waals surface area (Å²) in [5, 5.41) is 13.4. The molecule has 0 saturated carbocycles. The van der Waals surface area contributed by atoms with Crippen molar-refractivity contribution in [1.82, 2.24) is 0 Å². The number of hydrogen-bond acceptors (Lipinski definition) is 10. The van der Waals surface area contributed by atoms with Crippen LogP contribution in [0.15, 0.2) is 141 Å². The van der Waals surface area contributed by atoms with E-state index in [1.165, 1.54) is 6.92 Å². The van der Waals surface area contributed by atoms with Crippen LogP contribution in [0.25, 0.3) is 43.1 Å². The maximum Gasteiger partial charge on any atom is 1.00 e. The van der Waals surface area contributed by atoms with Gasteiger partial charge in [-0.15, -0.1) is 0 Å². The number of aryl methyl sites for hydroxylation is 2. The second-order valence-corrected chi connectivity index (χ2v) is 14.8. The zero-order valence-electron chi connectivity index (χ0n) is 35.3. The molecule has 0 radical (unpaired) electrons. The third-order valence-corrected chi connectivity index (χ3v) is 9.68. The van der Waals surface area contributed by atoms with Crippen LogP contribution in [0.1, 0.15) is 25.5 Å². The predicted octanol–water partition coefficient (Wildman–Crippen LogP) is 9.40. The molecular formula is C48H41Br3F4LiN3O8. The molecule has 0 aliphatic heterocycles. The van der Waals surface area contributed by atoms with Crippen LogP contribution in [0, 0.1) is 48.4 Å². The van der Waals surface area contributed by atoms with E-state index in [9.17, 15) is 17.6 Å². The van der Waals surface area contributed by atoms with Gasteiger partial charge in [0, 0.05) is 32.9 Å². The van der Waals surface area contributed by atoms with Crippen molar-refractivity contribution >= 4 is 121 Å². The number of nitriles is 1. The SMILES string of the molecule is C.CC#N.Cc1ccc2c(F)c(Br)ccc2c1.Cc1ccc2c(F)c(N)ccc2c1.Fc1c(Br)ccc2ccccc12.Nc1ccc2cc(Br)ccc2c1F.O.O=C=O.O=C=O.O=C=O.[Li+].[OH-]. The Labute approximate surface area is 420 Å². The quantitative estimate of drug-likeness (QED) is 0.0828. The normalized spacial score (nSPS) is 8.55. The molecule has 0 saturated heterocycles. The Balaban J connectivity index is -0.000000359. The minimum absolute atomic E-state index is 0. The van der Waals surface area contributed by atoms with Crippen molar-refractivity contribution in [2.45, 2.75) is 28.2 Å². The summed E-state index contributed by atoms with van der Waals surface area (Å²) in [6, 6.07) is 39.9. The Morgan fingerprint density at radius 3 is 1.18 bits per heavy atom. The second kappa shape index (κ2) is 35.9. The Bertz CT molecular complexity index is 2720. The predicted molar refractivity (Wildman–Crippen MR) is 256 cm³/mol. The molecule has 0 aliphatic rings. The second-order valence-electron chi connectivity index (χ2n) is 12.2. The summed E-state index contributed by atoms with van der Waals surface area (Å²) in [4.78, 5) is 48.8. The van der Waals surface area contributed by atoms with Crippen molar-refractivity contribution < 1.29 is 76.1 Å². The summed E-state index contributed by atoms with van der Waals surface area (Å²) >= 11 is 9.62. The maximum atomic E-state index is 13.5. The third kappa shape index (κ3) is 21.7. The number of carbonyl (C=O) groups excluding carboxylic acids is 6. The van der Waals surface area contributed by atoms with Crippen molar-refractivity contribution in [2.24, 2.45) is 0 Å². The minimum atomic E-state index is -0.343. The van der Waals surface area contributed by atoms with E-state index < -0.39 is 0 Å². The molecule has 19 heteroatoms. The van der Waals surface area contributed by atoms with Gasteiger partial charge in [-0.05, 0) is 104 Å². The van der Waals surface area contributed by atoms with Crippen LogP contribution in [-0.4, -0.2) is 29.4 Å². The van der Waals surface area contributed by atoms with Crippen LogP contribution in [0.5, 0.6) is 0 Å². The first kappa shape index (κ1) is 67.3. The molecule has 0 spiro atoms. The fourth-order valence-electron chi connectivity index (χ4n) is 5.30. The van der Waals surface area contributed by atoms with Gasteiger partial charge in [-0.2, -0.15) is 34.0 Å². The molecule has 0 aromatic heterocycles. The van der Waals surface area contributed by atoms with Gasteiger partial charge in [0.15, 0.2) is 11.6 Å². The van der Waals surface area contributed by atoms with Crippen LogP contribution in [-0.2, 0) is 28.8 Å². The molecule has 11 nitrogen and oxygen atoms in total. The Morgan fingerprint density at radius 1 is 0.478 bits per heavy atom. The fourth-order valence-corrected chi connectivity index (χ4v) is 6.37. The van der Waals surface area contributed by atoms with E-state index in [2.05, 4.69) is 47.8 Å². The number of nitrogens with two attached hydrogens (primary N) is 2. The molecule has 0 amide bonds. The number of nitrogen functional groups attached to an aromatic ring is 2. The topological polar surface area (TPSA) is 240 Å². The molecule has 0 atom stereocenters. The standard InChI is InChI=1S/C11H8BrF.C11H10FN.C10H7BrFN.C10H6BrF.C2H3N.3CO2.CH4.Li.2H2O/c1-7-2-4-9-8(6-7)3-5-10(12)11(9)13;1-7-2-4-9-8(6-7)3-5-10(13)11(9)12;11-7-2-3-8-6(5-7)1-4-9(13)10(8)12;11-9-6-5-7-3-1-2-4-8(7)10(9)12;1-2-3;3*2-1-3;;;;/h2-6H,1H3;2-6H,13H2,1H3;1-5H,13H2;1-6H;1H3;;;;1H4;;2*1H2/q;;;;;;;;;+1;;/p-1. The van der Waals surface area contributed by atoms with Gasteiger partial charge < -0.3 is 22.4 Å². The molecule has 346 valence electrons. The van der Waals surface area contributed by atoms with Gasteiger partial charge in [-0.3, -0.25) is 0 Å². The molecule has 0 fully saturated rings. The van der Waals surface area contributed by atoms with Gasteiger partial charge in [-0.1, -0.05) is 125 Å². The third-order valence-electron chi connectivity index (χ3n) is 7.96. The van der Waals surface area contributed by atoms with E-state index in [0.29, 0.717) is 30.5 Å². The smallest absolute Gasteiger partial charge is 0.870 e. The van der Waals surface area contributed by atoms with E-state index in [-0.39, 0.29) is 90.3 Å². The summed E-state index contributed by atoms with van der Waals surface area (Å²) < 4.78 is 55.6. The van der Waals surface area contributed by atoms with Crippen LogP contribution < -0.4 is 30.3 Å². The van der Waals surface area contributed by atoms with Crippen LogP contribution in [0.3, 0.4) is 0 Å². The van der Waals surface area contributed by atoms with Gasteiger partial charge in [0.25, 0.3) is 0 Å². The molecule has 0 heterocycles. The summed E-state index contributed by atoms with van der Waals surface area (Å²) in [5.74, 6) is -1.03. The average molecular weight is 1110 g/mol. The molecule has 8 rings (SSSR count).